The van der Waals surface area contributed by atoms with E-state index in [-0.39, 0.29) is 11.4 Å². The molecule has 0 radical (unpaired) electrons. The van der Waals surface area contributed by atoms with Crippen molar-refractivity contribution in [3.05, 3.63) is 48.0 Å². The molecular formula is C17H19NO4S. The van der Waals surface area contributed by atoms with Gasteiger partial charge in [-0.05, 0) is 16.3 Å². The lowest BCUT2D eigenvalue weighted by atomic mass is 10.1. The number of sulfonamides is 1. The van der Waals surface area contributed by atoms with Crippen LogP contribution in [0.5, 0.6) is 0 Å². The molecule has 4 rings (SSSR count). The van der Waals surface area contributed by atoms with Gasteiger partial charge >= 0.3 is 0 Å². The summed E-state index contributed by atoms with van der Waals surface area (Å²) in [6, 6.07) is 14.4. The molecule has 2 aliphatic rings. The van der Waals surface area contributed by atoms with Crippen LogP contribution in [0.3, 0.4) is 0 Å². The smallest absolute Gasteiger partial charge is 0.221 e. The molecule has 2 aromatic carbocycles. The maximum Gasteiger partial charge on any atom is 0.221 e. The molecule has 2 saturated heterocycles. The van der Waals surface area contributed by atoms with Gasteiger partial charge in [0.2, 0.25) is 10.0 Å². The number of hydrogen-bond acceptors (Lipinski definition) is 4. The molecule has 5 nitrogen and oxygen atoms in total. The Morgan fingerprint density at radius 1 is 1.09 bits per heavy atom. The summed E-state index contributed by atoms with van der Waals surface area (Å²) in [6.45, 7) is 2.04. The van der Waals surface area contributed by atoms with Crippen LogP contribution in [0.4, 0.5) is 0 Å². The zero-order valence-corrected chi connectivity index (χ0v) is 13.5. The fraction of sp³-hybridized carbons (Fsp3) is 0.412. The highest BCUT2D eigenvalue weighted by Crippen LogP contribution is 2.25. The van der Waals surface area contributed by atoms with Crippen molar-refractivity contribution in [2.75, 3.05) is 26.3 Å². The second-order valence-electron chi connectivity index (χ2n) is 6.09. The van der Waals surface area contributed by atoms with E-state index in [0.717, 1.165) is 5.56 Å². The van der Waals surface area contributed by atoms with Crippen molar-refractivity contribution in [2.45, 2.75) is 18.0 Å². The summed E-state index contributed by atoms with van der Waals surface area (Å²) in [5.74, 6) is 0. The first-order valence-electron chi connectivity index (χ1n) is 7.79. The Morgan fingerprint density at radius 3 is 2.57 bits per heavy atom. The normalized spacial score (nSPS) is 20.3. The van der Waals surface area contributed by atoms with E-state index in [1.807, 2.05) is 18.2 Å². The molecule has 122 valence electrons. The zero-order chi connectivity index (χ0) is 15.9. The predicted molar refractivity (Wildman–Crippen MR) is 87.6 cm³/mol. The van der Waals surface area contributed by atoms with Gasteiger partial charge < -0.3 is 9.47 Å². The highest BCUT2D eigenvalue weighted by molar-refractivity contribution is 7.89. The van der Waals surface area contributed by atoms with E-state index in [2.05, 4.69) is 24.3 Å². The Bertz CT molecular complexity index is 805. The van der Waals surface area contributed by atoms with Crippen LogP contribution in [0.25, 0.3) is 10.8 Å². The van der Waals surface area contributed by atoms with E-state index in [1.54, 1.807) is 0 Å². The fourth-order valence-electron chi connectivity index (χ4n) is 2.94. The molecule has 2 aliphatic heterocycles. The van der Waals surface area contributed by atoms with Crippen LogP contribution in [-0.4, -0.2) is 50.4 Å². The van der Waals surface area contributed by atoms with E-state index in [0.29, 0.717) is 32.9 Å². The fourth-order valence-corrected chi connectivity index (χ4v) is 4.64. The molecule has 2 fully saturated rings. The van der Waals surface area contributed by atoms with Crippen LogP contribution in [0.1, 0.15) is 5.56 Å². The average molecular weight is 333 g/mol. The van der Waals surface area contributed by atoms with Gasteiger partial charge in [-0.2, -0.15) is 4.31 Å². The van der Waals surface area contributed by atoms with Crippen molar-refractivity contribution < 1.29 is 17.9 Å². The van der Waals surface area contributed by atoms with Crippen molar-refractivity contribution >= 4 is 20.8 Å². The number of fused-ring (bicyclic) bond motifs is 1. The molecule has 0 N–H and O–H groups in total. The molecule has 0 aliphatic carbocycles. The van der Waals surface area contributed by atoms with Gasteiger partial charge in [0.05, 0.1) is 25.9 Å². The number of rotatable bonds is 5. The maximum absolute atomic E-state index is 12.2. The third-order valence-corrected chi connectivity index (χ3v) is 6.69. The highest BCUT2D eigenvalue weighted by Gasteiger charge is 2.43. The van der Waals surface area contributed by atoms with E-state index in [1.165, 1.54) is 15.1 Å². The average Bonchev–Trinajstić information content (AvgIpc) is 2.43. The van der Waals surface area contributed by atoms with Crippen LogP contribution in [-0.2, 0) is 26.1 Å². The summed E-state index contributed by atoms with van der Waals surface area (Å²) in [5.41, 5.74) is 1.14. The van der Waals surface area contributed by atoms with Gasteiger partial charge in [-0.3, -0.25) is 0 Å². The van der Waals surface area contributed by atoms with E-state index in [9.17, 15) is 8.42 Å². The Balaban J connectivity index is 1.36. The highest BCUT2D eigenvalue weighted by atomic mass is 32.2. The Kier molecular flexibility index (Phi) is 3.85. The monoisotopic (exact) mass is 333 g/mol. The summed E-state index contributed by atoms with van der Waals surface area (Å²) >= 11 is 0. The summed E-state index contributed by atoms with van der Waals surface area (Å²) in [5, 5.41) is 2.02. The lowest BCUT2D eigenvalue weighted by Gasteiger charge is -2.41. The molecule has 6 heteroatoms. The summed E-state index contributed by atoms with van der Waals surface area (Å²) in [7, 11) is -3.19. The van der Waals surface area contributed by atoms with Crippen LogP contribution in [0, 0.1) is 0 Å². The van der Waals surface area contributed by atoms with Crippen LogP contribution in [0.15, 0.2) is 42.5 Å². The second kappa shape index (κ2) is 5.87. The Labute approximate surface area is 135 Å². The largest absolute Gasteiger partial charge is 0.378 e. The van der Waals surface area contributed by atoms with Crippen molar-refractivity contribution in [2.24, 2.45) is 0 Å². The first-order chi connectivity index (χ1) is 11.1. The molecule has 0 amide bonds. The van der Waals surface area contributed by atoms with Gasteiger partial charge in [-0.25, -0.2) is 8.42 Å². The first kappa shape index (κ1) is 15.1. The van der Waals surface area contributed by atoms with E-state index >= 15 is 0 Å². The Morgan fingerprint density at radius 2 is 1.83 bits per heavy atom. The number of ether oxygens (including phenoxy) is 2. The predicted octanol–water partition coefficient (Wildman–Crippen LogP) is 1.77. The van der Waals surface area contributed by atoms with Crippen LogP contribution in [0.2, 0.25) is 0 Å². The molecule has 23 heavy (non-hydrogen) atoms. The van der Waals surface area contributed by atoms with Gasteiger partial charge in [0.15, 0.2) is 0 Å². The topological polar surface area (TPSA) is 55.8 Å². The third kappa shape index (κ3) is 2.76. The van der Waals surface area contributed by atoms with Gasteiger partial charge in [0, 0.05) is 13.1 Å². The number of hydrogen-bond donors (Lipinski definition) is 0. The lowest BCUT2D eigenvalue weighted by molar-refractivity contribution is -0.0325. The van der Waals surface area contributed by atoms with Crippen molar-refractivity contribution in [1.82, 2.24) is 4.31 Å². The standard InChI is InChI=1S/C17H19NO4S/c19-23(20,16-11-21-12-16)18-8-15(9-18)22-10-14-6-3-5-13-4-1-2-7-17(13)14/h1-7,15-16H,8-12H2. The third-order valence-electron chi connectivity index (χ3n) is 4.56. The van der Waals surface area contributed by atoms with Gasteiger partial charge in [0.25, 0.3) is 0 Å². The molecule has 0 spiro atoms. The van der Waals surface area contributed by atoms with Gasteiger partial charge in [-0.15, -0.1) is 0 Å². The molecule has 2 aromatic rings. The lowest BCUT2D eigenvalue weighted by Crippen LogP contribution is -2.59. The van der Waals surface area contributed by atoms with Crippen molar-refractivity contribution in [3.8, 4) is 0 Å². The molecule has 0 saturated carbocycles. The zero-order valence-electron chi connectivity index (χ0n) is 12.7. The minimum atomic E-state index is -3.19. The number of nitrogens with zero attached hydrogens (tertiary/aromatic N) is 1. The van der Waals surface area contributed by atoms with Crippen molar-refractivity contribution in [3.63, 3.8) is 0 Å². The van der Waals surface area contributed by atoms with Crippen molar-refractivity contribution in [1.29, 1.82) is 0 Å². The van der Waals surface area contributed by atoms with Gasteiger partial charge in [-0.1, -0.05) is 42.5 Å². The first-order valence-corrected chi connectivity index (χ1v) is 9.30. The van der Waals surface area contributed by atoms with Gasteiger partial charge in [0.1, 0.15) is 5.25 Å². The molecule has 0 atom stereocenters. The molecule has 0 bridgehead atoms. The minimum Gasteiger partial charge on any atom is -0.378 e. The van der Waals surface area contributed by atoms with E-state index in [4.69, 9.17) is 9.47 Å². The van der Waals surface area contributed by atoms with Crippen LogP contribution < -0.4 is 0 Å². The SMILES string of the molecule is O=S(=O)(C1COC1)N1CC(OCc2cccc3ccccc23)C1. The van der Waals surface area contributed by atoms with Crippen LogP contribution >= 0.6 is 0 Å². The summed E-state index contributed by atoms with van der Waals surface area (Å²) < 4.78 is 36.7. The quantitative estimate of drug-likeness (QED) is 0.837. The molecule has 0 aromatic heterocycles. The second-order valence-corrected chi connectivity index (χ2v) is 8.31. The molecule has 0 unspecified atom stereocenters. The molecular weight excluding hydrogens is 314 g/mol. The number of benzene rings is 2. The summed E-state index contributed by atoms with van der Waals surface area (Å²) in [4.78, 5) is 0. The summed E-state index contributed by atoms with van der Waals surface area (Å²) in [6.07, 6.45) is -0.0234. The maximum atomic E-state index is 12.2. The van der Waals surface area contributed by atoms with E-state index < -0.39 is 10.0 Å². The Hall–Kier alpha value is -1.47. The minimum absolute atomic E-state index is 0.0234. The molecule has 2 heterocycles.